The Morgan fingerprint density at radius 3 is 2.75 bits per heavy atom. The van der Waals surface area contributed by atoms with E-state index < -0.39 is 12.1 Å². The number of halogens is 3. The van der Waals surface area contributed by atoms with Crippen molar-refractivity contribution in [1.29, 1.82) is 0 Å². The number of amides is 1. The van der Waals surface area contributed by atoms with E-state index in [9.17, 15) is 22.8 Å². The smallest absolute Gasteiger partial charge is 0.467 e. The number of alkyl halides is 3. The zero-order chi connectivity index (χ0) is 22.7. The third kappa shape index (κ3) is 5.30. The van der Waals surface area contributed by atoms with Gasteiger partial charge in [0, 0.05) is 12.2 Å². The molecule has 0 radical (unpaired) electrons. The molecule has 12 heteroatoms. The van der Waals surface area contributed by atoms with Crippen LogP contribution in [0.5, 0.6) is 5.75 Å². The number of benzene rings is 1. The Morgan fingerprint density at radius 2 is 2.06 bits per heavy atom. The fourth-order valence-electron chi connectivity index (χ4n) is 2.99. The number of fused-ring (bicyclic) bond motifs is 1. The molecule has 0 atom stereocenters. The second kappa shape index (κ2) is 9.33. The second-order valence-electron chi connectivity index (χ2n) is 6.60. The molecule has 7 nitrogen and oxygen atoms in total. The highest BCUT2D eigenvalue weighted by Crippen LogP contribution is 2.30. The van der Waals surface area contributed by atoms with Gasteiger partial charge < -0.3 is 14.5 Å². The first kappa shape index (κ1) is 22.3. The van der Waals surface area contributed by atoms with Crippen LogP contribution in [-0.4, -0.2) is 33.3 Å². The summed E-state index contributed by atoms with van der Waals surface area (Å²) < 4.78 is 47.7. The monoisotopic (exact) mass is 483 g/mol. The largest absolute Gasteiger partial charge is 0.573 e. The zero-order valence-electron chi connectivity index (χ0n) is 16.3. The van der Waals surface area contributed by atoms with Gasteiger partial charge in [-0.15, -0.1) is 24.9 Å². The van der Waals surface area contributed by atoms with Gasteiger partial charge >= 0.3 is 6.36 Å². The Balaban J connectivity index is 1.56. The first-order valence-corrected chi connectivity index (χ1v) is 11.3. The van der Waals surface area contributed by atoms with Crippen molar-refractivity contribution in [1.82, 2.24) is 14.9 Å². The number of rotatable bonds is 7. The van der Waals surface area contributed by atoms with Crippen molar-refractivity contribution in [3.8, 4) is 11.4 Å². The summed E-state index contributed by atoms with van der Waals surface area (Å²) in [5.74, 6) is 0.636. The third-order valence-electron chi connectivity index (χ3n) is 4.37. The number of hydrogen-bond acceptors (Lipinski definition) is 7. The summed E-state index contributed by atoms with van der Waals surface area (Å²) in [4.78, 5) is 30.4. The fraction of sp³-hybridized carbons (Fsp3) is 0.250. The molecule has 4 rings (SSSR count). The van der Waals surface area contributed by atoms with Gasteiger partial charge in [-0.1, -0.05) is 11.8 Å². The van der Waals surface area contributed by atoms with Gasteiger partial charge in [0.2, 0.25) is 5.91 Å². The molecule has 0 aliphatic carbocycles. The Kier molecular flexibility index (Phi) is 6.51. The summed E-state index contributed by atoms with van der Waals surface area (Å²) >= 11 is 2.46. The first-order valence-electron chi connectivity index (χ1n) is 9.37. The lowest BCUT2D eigenvalue weighted by Gasteiger charge is -2.14. The van der Waals surface area contributed by atoms with Crippen molar-refractivity contribution in [2.45, 2.75) is 29.4 Å². The number of carbonyl (C=O) groups is 1. The molecule has 1 N–H and O–H groups in total. The highest BCUT2D eigenvalue weighted by molar-refractivity contribution is 8.00. The van der Waals surface area contributed by atoms with Crippen LogP contribution in [0.15, 0.2) is 61.9 Å². The maximum absolute atomic E-state index is 13.1. The van der Waals surface area contributed by atoms with Crippen molar-refractivity contribution >= 4 is 29.4 Å². The average Bonchev–Trinajstić information content (AvgIpc) is 3.42. The van der Waals surface area contributed by atoms with E-state index in [4.69, 9.17) is 4.42 Å². The summed E-state index contributed by atoms with van der Waals surface area (Å²) in [6.45, 7) is 0.230. The minimum absolute atomic E-state index is 0.00561. The fourth-order valence-corrected chi connectivity index (χ4v) is 4.88. The Hall–Kier alpha value is -2.86. The van der Waals surface area contributed by atoms with Gasteiger partial charge in [-0.3, -0.25) is 14.2 Å². The van der Waals surface area contributed by atoms with E-state index in [0.717, 1.165) is 23.9 Å². The van der Waals surface area contributed by atoms with Crippen LogP contribution in [0.25, 0.3) is 5.69 Å². The lowest BCUT2D eigenvalue weighted by Crippen LogP contribution is -2.27. The number of hydrogen-bond donors (Lipinski definition) is 1. The van der Waals surface area contributed by atoms with E-state index in [2.05, 4.69) is 15.0 Å². The van der Waals surface area contributed by atoms with Crippen molar-refractivity contribution in [2.24, 2.45) is 0 Å². The number of aryl methyl sites for hydroxylation is 1. The average molecular weight is 483 g/mol. The predicted octanol–water partition coefficient (Wildman–Crippen LogP) is 3.78. The molecule has 0 bridgehead atoms. The Bertz CT molecular complexity index is 1160. The number of furan rings is 1. The summed E-state index contributed by atoms with van der Waals surface area (Å²) in [7, 11) is 0. The Labute approximate surface area is 188 Å². The van der Waals surface area contributed by atoms with Crippen molar-refractivity contribution in [3.05, 3.63) is 64.5 Å². The quantitative estimate of drug-likeness (QED) is 0.404. The van der Waals surface area contributed by atoms with Crippen LogP contribution in [0, 0.1) is 0 Å². The maximum atomic E-state index is 13.1. The van der Waals surface area contributed by atoms with Crippen LogP contribution in [0.1, 0.15) is 11.5 Å². The van der Waals surface area contributed by atoms with Crippen molar-refractivity contribution in [2.75, 3.05) is 11.5 Å². The lowest BCUT2D eigenvalue weighted by molar-refractivity contribution is -0.274. The molecule has 1 aliphatic heterocycles. The number of nitrogens with one attached hydrogen (secondary N) is 1. The van der Waals surface area contributed by atoms with E-state index in [-0.39, 0.29) is 28.9 Å². The van der Waals surface area contributed by atoms with E-state index >= 15 is 0 Å². The predicted molar refractivity (Wildman–Crippen MR) is 112 cm³/mol. The normalized spacial score (nSPS) is 13.1. The standard InChI is InChI=1S/C20H16F3N3O4S2/c21-20(22,23)30-13-5-3-12(4-6-13)26-18(28)17-15(7-9-31-17)25-19(26)32-11-16(27)24-10-14-2-1-8-29-14/h1-6,8H,7,9-11H2,(H,24,27). The molecule has 0 spiro atoms. The highest BCUT2D eigenvalue weighted by atomic mass is 32.2. The van der Waals surface area contributed by atoms with Crippen LogP contribution in [0.3, 0.4) is 0 Å². The molecular weight excluding hydrogens is 467 g/mol. The second-order valence-corrected chi connectivity index (χ2v) is 8.64. The third-order valence-corrected chi connectivity index (χ3v) is 6.41. The maximum Gasteiger partial charge on any atom is 0.573 e. The van der Waals surface area contributed by atoms with E-state index in [1.165, 1.54) is 34.7 Å². The molecule has 3 heterocycles. The molecular formula is C20H16F3N3O4S2. The van der Waals surface area contributed by atoms with E-state index in [1.807, 2.05) is 0 Å². The summed E-state index contributed by atoms with van der Waals surface area (Å²) in [5.41, 5.74) is 0.665. The molecule has 0 fully saturated rings. The summed E-state index contributed by atoms with van der Waals surface area (Å²) in [5, 5.41) is 3.00. The van der Waals surface area contributed by atoms with Crippen LogP contribution in [0.2, 0.25) is 0 Å². The number of nitrogens with zero attached hydrogens (tertiary/aromatic N) is 2. The van der Waals surface area contributed by atoms with Crippen molar-refractivity contribution < 1.29 is 27.1 Å². The van der Waals surface area contributed by atoms with Crippen LogP contribution in [-0.2, 0) is 17.8 Å². The van der Waals surface area contributed by atoms with Gasteiger partial charge in [0.15, 0.2) is 5.16 Å². The molecule has 168 valence electrons. The van der Waals surface area contributed by atoms with Gasteiger partial charge in [0.25, 0.3) is 5.56 Å². The molecule has 1 aromatic carbocycles. The minimum Gasteiger partial charge on any atom is -0.467 e. The van der Waals surface area contributed by atoms with Gasteiger partial charge in [-0.2, -0.15) is 0 Å². The van der Waals surface area contributed by atoms with Crippen molar-refractivity contribution in [3.63, 3.8) is 0 Å². The van der Waals surface area contributed by atoms with Crippen LogP contribution < -0.4 is 15.6 Å². The molecule has 0 saturated carbocycles. The molecule has 1 aliphatic rings. The topological polar surface area (TPSA) is 86.4 Å². The van der Waals surface area contributed by atoms with Crippen LogP contribution in [0.4, 0.5) is 13.2 Å². The van der Waals surface area contributed by atoms with Gasteiger partial charge in [-0.05, 0) is 36.4 Å². The van der Waals surface area contributed by atoms with Crippen LogP contribution >= 0.6 is 23.5 Å². The Morgan fingerprint density at radius 1 is 1.28 bits per heavy atom. The SMILES string of the molecule is O=C(CSc1nc2c(c(=O)n1-c1ccc(OC(F)(F)F)cc1)SCC2)NCc1ccco1. The number of carbonyl (C=O) groups excluding carboxylic acids is 1. The van der Waals surface area contributed by atoms with E-state index in [1.54, 1.807) is 12.1 Å². The number of ether oxygens (including phenoxy) is 1. The molecule has 0 saturated heterocycles. The van der Waals surface area contributed by atoms with E-state index in [0.29, 0.717) is 34.2 Å². The number of aromatic nitrogens is 2. The molecule has 2 aromatic heterocycles. The first-order chi connectivity index (χ1) is 15.3. The molecule has 1 amide bonds. The van der Waals surface area contributed by atoms with Gasteiger partial charge in [-0.25, -0.2) is 4.98 Å². The lowest BCUT2D eigenvalue weighted by atomic mass is 10.3. The molecule has 32 heavy (non-hydrogen) atoms. The van der Waals surface area contributed by atoms with Gasteiger partial charge in [0.05, 0.1) is 34.8 Å². The summed E-state index contributed by atoms with van der Waals surface area (Å²) in [6.07, 6.45) is -2.67. The summed E-state index contributed by atoms with van der Waals surface area (Å²) in [6, 6.07) is 8.39. The molecule has 3 aromatic rings. The zero-order valence-corrected chi connectivity index (χ0v) is 18.0. The van der Waals surface area contributed by atoms with Gasteiger partial charge in [0.1, 0.15) is 11.5 Å². The highest BCUT2D eigenvalue weighted by Gasteiger charge is 2.31. The molecule has 0 unspecified atom stereocenters. The minimum atomic E-state index is -4.81. The number of thioether (sulfide) groups is 2.